The Morgan fingerprint density at radius 1 is 0.800 bits per heavy atom. The number of anilines is 1. The lowest BCUT2D eigenvalue weighted by Crippen LogP contribution is -2.10. The predicted octanol–water partition coefficient (Wildman–Crippen LogP) is 5.66. The monoisotopic (exact) mass is 391 g/mol. The highest BCUT2D eigenvalue weighted by atomic mass is 15.2. The molecule has 0 aliphatic heterocycles. The highest BCUT2D eigenvalue weighted by Gasteiger charge is 2.10. The van der Waals surface area contributed by atoms with Crippen LogP contribution in [0.2, 0.25) is 0 Å². The van der Waals surface area contributed by atoms with Crippen molar-refractivity contribution in [2.45, 2.75) is 13.0 Å². The maximum atomic E-state index is 4.71. The molecule has 0 radical (unpaired) electrons. The minimum absolute atomic E-state index is 0.106. The summed E-state index contributed by atoms with van der Waals surface area (Å²) in [5, 5.41) is 3.38. The van der Waals surface area contributed by atoms with E-state index in [1.54, 1.807) is 6.20 Å². The van der Waals surface area contributed by atoms with Gasteiger partial charge in [0, 0.05) is 6.20 Å². The first-order chi connectivity index (χ1) is 14.8. The Morgan fingerprint density at radius 2 is 1.57 bits per heavy atom. The first-order valence-corrected chi connectivity index (χ1v) is 9.95. The highest BCUT2D eigenvalue weighted by Crippen LogP contribution is 2.25. The van der Waals surface area contributed by atoms with E-state index in [4.69, 9.17) is 4.98 Å². The van der Waals surface area contributed by atoms with Crippen molar-refractivity contribution in [1.82, 2.24) is 19.5 Å². The molecule has 1 unspecified atom stereocenters. The van der Waals surface area contributed by atoms with Crippen molar-refractivity contribution >= 4 is 17.0 Å². The summed E-state index contributed by atoms with van der Waals surface area (Å²) >= 11 is 0. The fourth-order valence-electron chi connectivity index (χ4n) is 3.58. The molecule has 5 aromatic rings. The number of nitrogens with one attached hydrogen (secondary N) is 1. The van der Waals surface area contributed by atoms with Crippen molar-refractivity contribution in [3.63, 3.8) is 0 Å². The van der Waals surface area contributed by atoms with Crippen LogP contribution in [0.15, 0.2) is 97.5 Å². The van der Waals surface area contributed by atoms with Gasteiger partial charge in [-0.05, 0) is 41.8 Å². The SMILES string of the molecule is CC(Nc1nccc(-n2cnc3cc(-c4ccccc4)ccc32)n1)c1ccccc1. The summed E-state index contributed by atoms with van der Waals surface area (Å²) in [5.74, 6) is 1.37. The molecule has 0 fully saturated rings. The van der Waals surface area contributed by atoms with E-state index >= 15 is 0 Å². The lowest BCUT2D eigenvalue weighted by molar-refractivity contribution is 0.854. The number of hydrogen-bond acceptors (Lipinski definition) is 4. The molecule has 2 heterocycles. The number of hydrogen-bond donors (Lipinski definition) is 1. The largest absolute Gasteiger partial charge is 0.348 e. The van der Waals surface area contributed by atoms with Gasteiger partial charge in [-0.1, -0.05) is 66.7 Å². The second kappa shape index (κ2) is 7.79. The second-order valence-electron chi connectivity index (χ2n) is 7.20. The second-order valence-corrected chi connectivity index (χ2v) is 7.20. The molecule has 2 aromatic heterocycles. The predicted molar refractivity (Wildman–Crippen MR) is 121 cm³/mol. The van der Waals surface area contributed by atoms with Crippen molar-refractivity contribution < 1.29 is 0 Å². The molecule has 1 atom stereocenters. The molecule has 5 rings (SSSR count). The van der Waals surface area contributed by atoms with Crippen molar-refractivity contribution in [1.29, 1.82) is 0 Å². The van der Waals surface area contributed by atoms with E-state index in [0.717, 1.165) is 22.4 Å². The van der Waals surface area contributed by atoms with E-state index in [0.29, 0.717) is 5.95 Å². The average Bonchev–Trinajstić information content (AvgIpc) is 3.24. The number of imidazole rings is 1. The molecule has 1 N–H and O–H groups in total. The van der Waals surface area contributed by atoms with Crippen molar-refractivity contribution in [3.8, 4) is 16.9 Å². The Morgan fingerprint density at radius 3 is 2.37 bits per heavy atom. The quantitative estimate of drug-likeness (QED) is 0.420. The van der Waals surface area contributed by atoms with Crippen LogP contribution in [0.4, 0.5) is 5.95 Å². The van der Waals surface area contributed by atoms with Gasteiger partial charge in [-0.15, -0.1) is 0 Å². The molecule has 0 aliphatic carbocycles. The normalized spacial score (nSPS) is 12.0. The fraction of sp³-hybridized carbons (Fsp3) is 0.0800. The molecule has 0 amide bonds. The molecule has 0 saturated heterocycles. The number of rotatable bonds is 5. The third kappa shape index (κ3) is 3.53. The maximum Gasteiger partial charge on any atom is 0.225 e. The average molecular weight is 391 g/mol. The number of aromatic nitrogens is 4. The van der Waals surface area contributed by atoms with Crippen LogP contribution in [-0.4, -0.2) is 19.5 Å². The van der Waals surface area contributed by atoms with E-state index in [-0.39, 0.29) is 6.04 Å². The van der Waals surface area contributed by atoms with Crippen LogP contribution >= 0.6 is 0 Å². The summed E-state index contributed by atoms with van der Waals surface area (Å²) in [7, 11) is 0. The van der Waals surface area contributed by atoms with Gasteiger partial charge in [0.1, 0.15) is 12.1 Å². The molecule has 0 bridgehead atoms. The number of benzene rings is 3. The molecule has 0 saturated carbocycles. The first kappa shape index (κ1) is 18.1. The molecule has 5 nitrogen and oxygen atoms in total. The summed E-state index contributed by atoms with van der Waals surface area (Å²) < 4.78 is 1.99. The molecule has 5 heteroatoms. The zero-order valence-electron chi connectivity index (χ0n) is 16.6. The molecule has 0 spiro atoms. The lowest BCUT2D eigenvalue weighted by atomic mass is 10.1. The van der Waals surface area contributed by atoms with Gasteiger partial charge in [-0.2, -0.15) is 4.98 Å². The van der Waals surface area contributed by atoms with Crippen LogP contribution < -0.4 is 5.32 Å². The van der Waals surface area contributed by atoms with Gasteiger partial charge in [-0.3, -0.25) is 4.57 Å². The van der Waals surface area contributed by atoms with Gasteiger partial charge in [0.25, 0.3) is 0 Å². The Kier molecular flexibility index (Phi) is 4.69. The van der Waals surface area contributed by atoms with Gasteiger partial charge < -0.3 is 5.32 Å². The summed E-state index contributed by atoms with van der Waals surface area (Å²) in [6.07, 6.45) is 3.58. The fourth-order valence-corrected chi connectivity index (χ4v) is 3.58. The number of fused-ring (bicyclic) bond motifs is 1. The van der Waals surface area contributed by atoms with E-state index in [9.17, 15) is 0 Å². The van der Waals surface area contributed by atoms with Gasteiger partial charge in [0.05, 0.1) is 17.1 Å². The third-order valence-corrected chi connectivity index (χ3v) is 5.19. The van der Waals surface area contributed by atoms with Gasteiger partial charge in [-0.25, -0.2) is 9.97 Å². The van der Waals surface area contributed by atoms with E-state index < -0.39 is 0 Å². The zero-order chi connectivity index (χ0) is 20.3. The van der Waals surface area contributed by atoms with Crippen LogP contribution in [0.1, 0.15) is 18.5 Å². The van der Waals surface area contributed by atoms with Gasteiger partial charge in [0.15, 0.2) is 0 Å². The molecular weight excluding hydrogens is 370 g/mol. The summed E-state index contributed by atoms with van der Waals surface area (Å²) in [6.45, 7) is 2.10. The van der Waals surface area contributed by atoms with Crippen molar-refractivity contribution in [2.75, 3.05) is 5.32 Å². The van der Waals surface area contributed by atoms with E-state index in [1.807, 2.05) is 53.4 Å². The lowest BCUT2D eigenvalue weighted by Gasteiger charge is -2.14. The van der Waals surface area contributed by atoms with Crippen LogP contribution in [0.25, 0.3) is 28.0 Å². The summed E-state index contributed by atoms with van der Waals surface area (Å²) in [6, 6.07) is 28.9. The summed E-state index contributed by atoms with van der Waals surface area (Å²) in [4.78, 5) is 13.7. The topological polar surface area (TPSA) is 55.6 Å². The highest BCUT2D eigenvalue weighted by molar-refractivity contribution is 5.83. The maximum absolute atomic E-state index is 4.71. The van der Waals surface area contributed by atoms with Crippen LogP contribution in [-0.2, 0) is 0 Å². The Balaban J connectivity index is 1.45. The van der Waals surface area contributed by atoms with E-state index in [2.05, 4.69) is 64.7 Å². The molecule has 146 valence electrons. The van der Waals surface area contributed by atoms with Crippen LogP contribution in [0, 0.1) is 0 Å². The summed E-state index contributed by atoms with van der Waals surface area (Å²) in [5.41, 5.74) is 5.46. The minimum atomic E-state index is 0.106. The van der Waals surface area contributed by atoms with Crippen LogP contribution in [0.5, 0.6) is 0 Å². The van der Waals surface area contributed by atoms with Crippen LogP contribution in [0.3, 0.4) is 0 Å². The Labute approximate surface area is 175 Å². The van der Waals surface area contributed by atoms with Gasteiger partial charge in [0.2, 0.25) is 5.95 Å². The third-order valence-electron chi connectivity index (χ3n) is 5.19. The van der Waals surface area contributed by atoms with Crippen molar-refractivity contribution in [3.05, 3.63) is 103 Å². The van der Waals surface area contributed by atoms with E-state index in [1.165, 1.54) is 11.1 Å². The van der Waals surface area contributed by atoms with Crippen molar-refractivity contribution in [2.24, 2.45) is 0 Å². The molecular formula is C25H21N5. The zero-order valence-corrected chi connectivity index (χ0v) is 16.6. The molecule has 30 heavy (non-hydrogen) atoms. The molecule has 0 aliphatic rings. The Bertz CT molecular complexity index is 1280. The Hall–Kier alpha value is -3.99. The van der Waals surface area contributed by atoms with Gasteiger partial charge >= 0.3 is 0 Å². The number of nitrogens with zero attached hydrogens (tertiary/aromatic N) is 4. The minimum Gasteiger partial charge on any atom is -0.348 e. The standard InChI is InChI=1S/C25H21N5/c1-18(19-8-4-2-5-9-19)28-25-26-15-14-24(29-25)30-17-27-22-16-21(12-13-23(22)30)20-10-6-3-7-11-20/h2-18H,1H3,(H,26,28,29). The smallest absolute Gasteiger partial charge is 0.225 e. The first-order valence-electron chi connectivity index (χ1n) is 9.95. The molecule has 3 aromatic carbocycles.